The van der Waals surface area contributed by atoms with Gasteiger partial charge in [0.2, 0.25) is 0 Å². The second-order valence-corrected chi connectivity index (χ2v) is 9.54. The molecule has 2 aliphatic rings. The van der Waals surface area contributed by atoms with Crippen molar-refractivity contribution in [1.29, 1.82) is 0 Å². The highest BCUT2D eigenvalue weighted by Gasteiger charge is 2.29. The van der Waals surface area contributed by atoms with Crippen molar-refractivity contribution in [2.45, 2.75) is 65.3 Å². The van der Waals surface area contributed by atoms with Crippen molar-refractivity contribution >= 4 is 23.5 Å². The second kappa shape index (κ2) is 9.69. The average Bonchev–Trinajstić information content (AvgIpc) is 2.47. The predicted octanol–water partition coefficient (Wildman–Crippen LogP) is 5.27. The summed E-state index contributed by atoms with van der Waals surface area (Å²) in [5.41, 5.74) is 1.30. The van der Waals surface area contributed by atoms with E-state index in [1.807, 2.05) is 23.5 Å². The van der Waals surface area contributed by atoms with Crippen LogP contribution in [-0.4, -0.2) is 35.6 Å². The van der Waals surface area contributed by atoms with E-state index in [1.165, 1.54) is 24.3 Å². The molecule has 3 unspecified atom stereocenters. The van der Waals surface area contributed by atoms with Crippen molar-refractivity contribution in [3.63, 3.8) is 0 Å². The molecule has 0 amide bonds. The number of thioether (sulfide) groups is 2. The van der Waals surface area contributed by atoms with Crippen LogP contribution in [0.1, 0.15) is 54.4 Å². The molecule has 2 aliphatic heterocycles. The molecule has 2 fully saturated rings. The minimum absolute atomic E-state index is 0.385. The van der Waals surface area contributed by atoms with Crippen LogP contribution in [0.5, 0.6) is 0 Å². The first kappa shape index (κ1) is 19.7. The molecule has 2 heterocycles. The summed E-state index contributed by atoms with van der Waals surface area (Å²) in [5.74, 6) is 3.89. The molecule has 4 heteroatoms. The predicted molar refractivity (Wildman–Crippen MR) is 97.1 cm³/mol. The van der Waals surface area contributed by atoms with Gasteiger partial charge in [-0.25, -0.2) is 0 Å². The lowest BCUT2D eigenvalue weighted by atomic mass is 9.98. The van der Waals surface area contributed by atoms with Crippen LogP contribution >= 0.6 is 23.5 Å². The first-order valence-corrected chi connectivity index (χ1v) is 10.4. The van der Waals surface area contributed by atoms with E-state index in [-0.39, 0.29) is 0 Å². The molecule has 0 bridgehead atoms. The third-order valence-corrected chi connectivity index (χ3v) is 7.19. The Balaban J connectivity index is 0.000000211. The maximum Gasteiger partial charge on any atom is 0.105 e. The number of rotatable bonds is 3. The summed E-state index contributed by atoms with van der Waals surface area (Å²) < 4.78 is 11.3. The van der Waals surface area contributed by atoms with Gasteiger partial charge in [0.05, 0.1) is 6.61 Å². The lowest BCUT2D eigenvalue weighted by Gasteiger charge is -2.35. The molecule has 0 aromatic heterocycles. The summed E-state index contributed by atoms with van der Waals surface area (Å²) >= 11 is 3.93. The fourth-order valence-electron chi connectivity index (χ4n) is 2.12. The van der Waals surface area contributed by atoms with Crippen molar-refractivity contribution in [3.8, 4) is 0 Å². The first-order valence-electron chi connectivity index (χ1n) is 8.32. The summed E-state index contributed by atoms with van der Waals surface area (Å²) in [6, 6.07) is 0. The molecule has 126 valence electrons. The number of hydrogen-bond donors (Lipinski definition) is 0. The zero-order chi connectivity index (χ0) is 15.9. The summed E-state index contributed by atoms with van der Waals surface area (Å²) in [5, 5.41) is 0. The molecule has 2 rings (SSSR count). The minimum atomic E-state index is 0.385. The van der Waals surface area contributed by atoms with Crippen LogP contribution in [-0.2, 0) is 9.47 Å². The van der Waals surface area contributed by atoms with Gasteiger partial charge in [-0.15, -0.1) is 23.5 Å². The second-order valence-electron chi connectivity index (χ2n) is 7.25. The van der Waals surface area contributed by atoms with E-state index < -0.39 is 0 Å². The molecule has 3 atom stereocenters. The Morgan fingerprint density at radius 3 is 2.24 bits per heavy atom. The standard InChI is InChI=1S/C9H18OS.C8H16OS/c1-7(2)8-10-5-9(3,4)6-11-8;1-3-7(2)8-9-5-4-6-10-8/h7-8H,5-6H2,1-4H3;7-8H,3-6H2,1-2H3. The van der Waals surface area contributed by atoms with Gasteiger partial charge in [0, 0.05) is 12.4 Å². The van der Waals surface area contributed by atoms with Gasteiger partial charge in [-0.05, 0) is 29.4 Å². The van der Waals surface area contributed by atoms with E-state index >= 15 is 0 Å². The number of hydrogen-bond acceptors (Lipinski definition) is 4. The lowest BCUT2D eigenvalue weighted by molar-refractivity contribution is 0.0242. The van der Waals surface area contributed by atoms with Gasteiger partial charge in [-0.3, -0.25) is 0 Å². The van der Waals surface area contributed by atoms with E-state index in [0.717, 1.165) is 19.1 Å². The van der Waals surface area contributed by atoms with E-state index in [1.54, 1.807) is 0 Å². The summed E-state index contributed by atoms with van der Waals surface area (Å²) in [4.78, 5) is 0. The molecule has 0 N–H and O–H groups in total. The highest BCUT2D eigenvalue weighted by Crippen LogP contribution is 2.34. The van der Waals surface area contributed by atoms with E-state index in [2.05, 4.69) is 41.5 Å². The molecule has 2 nitrogen and oxygen atoms in total. The van der Waals surface area contributed by atoms with Gasteiger partial charge < -0.3 is 9.47 Å². The van der Waals surface area contributed by atoms with Crippen LogP contribution in [0.15, 0.2) is 0 Å². The maximum atomic E-state index is 5.72. The zero-order valence-corrected chi connectivity index (χ0v) is 16.3. The van der Waals surface area contributed by atoms with E-state index in [0.29, 0.717) is 22.2 Å². The molecule has 0 saturated carbocycles. The molecule has 0 aromatic carbocycles. The zero-order valence-electron chi connectivity index (χ0n) is 14.7. The monoisotopic (exact) mass is 334 g/mol. The van der Waals surface area contributed by atoms with Crippen LogP contribution in [0, 0.1) is 17.3 Å². The van der Waals surface area contributed by atoms with Crippen LogP contribution in [0.4, 0.5) is 0 Å². The van der Waals surface area contributed by atoms with Crippen molar-refractivity contribution in [3.05, 3.63) is 0 Å². The smallest absolute Gasteiger partial charge is 0.105 e. The Labute approximate surface area is 140 Å². The highest BCUT2D eigenvalue weighted by molar-refractivity contribution is 8.00. The Hall–Kier alpha value is 0.620. The quantitative estimate of drug-likeness (QED) is 0.699. The minimum Gasteiger partial charge on any atom is -0.367 e. The van der Waals surface area contributed by atoms with Gasteiger partial charge in [-0.1, -0.05) is 48.0 Å². The van der Waals surface area contributed by atoms with Crippen LogP contribution in [0.3, 0.4) is 0 Å². The van der Waals surface area contributed by atoms with Crippen molar-refractivity contribution < 1.29 is 9.47 Å². The van der Waals surface area contributed by atoms with Crippen molar-refractivity contribution in [1.82, 2.24) is 0 Å². The Kier molecular flexibility index (Phi) is 9.08. The SMILES string of the molecule is CC(C)C1OCC(C)(C)CS1.CCC(C)C1OCCCS1. The molecular weight excluding hydrogens is 300 g/mol. The van der Waals surface area contributed by atoms with Crippen LogP contribution in [0.2, 0.25) is 0 Å². The van der Waals surface area contributed by atoms with Gasteiger partial charge in [0.15, 0.2) is 0 Å². The maximum absolute atomic E-state index is 5.72. The van der Waals surface area contributed by atoms with Gasteiger partial charge in [0.1, 0.15) is 10.9 Å². The normalized spacial score (nSPS) is 30.4. The average molecular weight is 335 g/mol. The third-order valence-electron chi connectivity index (χ3n) is 3.78. The fraction of sp³-hybridized carbons (Fsp3) is 1.00. The molecule has 0 radical (unpaired) electrons. The fourth-order valence-corrected chi connectivity index (χ4v) is 4.60. The highest BCUT2D eigenvalue weighted by atomic mass is 32.2. The summed E-state index contributed by atoms with van der Waals surface area (Å²) in [7, 11) is 0. The largest absolute Gasteiger partial charge is 0.367 e. The molecule has 21 heavy (non-hydrogen) atoms. The molecular formula is C17H34O2S2. The molecule has 0 spiro atoms. The molecule has 0 aliphatic carbocycles. The summed E-state index contributed by atoms with van der Waals surface area (Å²) in [6.45, 7) is 15.3. The van der Waals surface area contributed by atoms with Gasteiger partial charge in [0.25, 0.3) is 0 Å². The third kappa shape index (κ3) is 7.62. The van der Waals surface area contributed by atoms with E-state index in [9.17, 15) is 0 Å². The topological polar surface area (TPSA) is 18.5 Å². The molecule has 0 aromatic rings. The van der Waals surface area contributed by atoms with Crippen LogP contribution in [0.25, 0.3) is 0 Å². The Morgan fingerprint density at radius 2 is 1.81 bits per heavy atom. The number of ether oxygens (including phenoxy) is 2. The van der Waals surface area contributed by atoms with Crippen LogP contribution < -0.4 is 0 Å². The first-order chi connectivity index (χ1) is 9.85. The van der Waals surface area contributed by atoms with Crippen molar-refractivity contribution in [2.75, 3.05) is 24.7 Å². The van der Waals surface area contributed by atoms with Crippen molar-refractivity contribution in [2.24, 2.45) is 17.3 Å². The van der Waals surface area contributed by atoms with Gasteiger partial charge in [-0.2, -0.15) is 0 Å². The van der Waals surface area contributed by atoms with Gasteiger partial charge >= 0.3 is 0 Å². The Morgan fingerprint density at radius 1 is 1.10 bits per heavy atom. The Bertz CT molecular complexity index is 266. The summed E-state index contributed by atoms with van der Waals surface area (Å²) in [6.07, 6.45) is 2.47. The lowest BCUT2D eigenvalue weighted by Crippen LogP contribution is -2.33. The van der Waals surface area contributed by atoms with E-state index in [4.69, 9.17) is 9.47 Å². The molecule has 2 saturated heterocycles.